The lowest BCUT2D eigenvalue weighted by Gasteiger charge is -2.04. The summed E-state index contributed by atoms with van der Waals surface area (Å²) in [4.78, 5) is 15.8. The first-order chi connectivity index (χ1) is 11.1. The quantitative estimate of drug-likeness (QED) is 0.223. The van der Waals surface area contributed by atoms with E-state index in [0.717, 1.165) is 31.3 Å². The molecule has 5 N–H and O–H groups in total. The zero-order chi connectivity index (χ0) is 16.9. The molecule has 1 atom stereocenters. The van der Waals surface area contributed by atoms with Crippen LogP contribution in [0, 0.1) is 5.92 Å². The highest BCUT2D eigenvalue weighted by atomic mass is 16.1. The fourth-order valence-electron chi connectivity index (χ4n) is 2.14. The summed E-state index contributed by atoms with van der Waals surface area (Å²) in [6.07, 6.45) is 16.7. The molecular formula is C18H30N4O. The van der Waals surface area contributed by atoms with E-state index in [0.29, 0.717) is 13.1 Å². The first-order valence-electron chi connectivity index (χ1n) is 8.53. The summed E-state index contributed by atoms with van der Waals surface area (Å²) in [6, 6.07) is 0. The Kier molecular flexibility index (Phi) is 9.52. The highest BCUT2D eigenvalue weighted by Gasteiger charge is 2.29. The van der Waals surface area contributed by atoms with Crippen molar-refractivity contribution in [3.63, 3.8) is 0 Å². The van der Waals surface area contributed by atoms with Gasteiger partial charge in [-0.2, -0.15) is 0 Å². The minimum absolute atomic E-state index is 0.0306. The van der Waals surface area contributed by atoms with Crippen LogP contribution in [0.5, 0.6) is 0 Å². The second-order valence-electron chi connectivity index (χ2n) is 5.73. The zero-order valence-electron chi connectivity index (χ0n) is 14.1. The van der Waals surface area contributed by atoms with Gasteiger partial charge in [0.2, 0.25) is 5.91 Å². The second-order valence-corrected chi connectivity index (χ2v) is 5.73. The number of nitrogens with one attached hydrogen (secondary N) is 1. The molecular weight excluding hydrogens is 288 g/mol. The van der Waals surface area contributed by atoms with Crippen LogP contribution in [0.15, 0.2) is 40.9 Å². The van der Waals surface area contributed by atoms with E-state index < -0.39 is 0 Å². The number of guanidine groups is 1. The van der Waals surface area contributed by atoms with Crippen molar-refractivity contribution in [3.8, 4) is 0 Å². The van der Waals surface area contributed by atoms with Crippen LogP contribution in [0.2, 0.25) is 0 Å². The SMILES string of the molecule is CCCCC=CC=CC1=C[C@@H]1C(=O)NCCCCCN=C(N)N. The third-order valence-electron chi connectivity index (χ3n) is 3.58. The number of nitrogens with two attached hydrogens (primary N) is 2. The summed E-state index contributed by atoms with van der Waals surface area (Å²) >= 11 is 0. The molecule has 0 unspecified atom stereocenters. The van der Waals surface area contributed by atoms with Crippen molar-refractivity contribution in [1.82, 2.24) is 5.32 Å². The van der Waals surface area contributed by atoms with Gasteiger partial charge in [-0.25, -0.2) is 0 Å². The van der Waals surface area contributed by atoms with E-state index in [1.165, 1.54) is 12.8 Å². The smallest absolute Gasteiger partial charge is 0.231 e. The van der Waals surface area contributed by atoms with Crippen LogP contribution in [-0.4, -0.2) is 25.0 Å². The van der Waals surface area contributed by atoms with Gasteiger partial charge in [0, 0.05) is 13.1 Å². The van der Waals surface area contributed by atoms with Gasteiger partial charge in [0.1, 0.15) is 0 Å². The molecule has 5 heteroatoms. The monoisotopic (exact) mass is 318 g/mol. The van der Waals surface area contributed by atoms with Gasteiger partial charge in [0.25, 0.3) is 0 Å². The molecule has 1 rings (SSSR count). The van der Waals surface area contributed by atoms with Crippen LogP contribution in [-0.2, 0) is 4.79 Å². The maximum absolute atomic E-state index is 11.9. The molecule has 23 heavy (non-hydrogen) atoms. The number of amides is 1. The van der Waals surface area contributed by atoms with Crippen LogP contribution >= 0.6 is 0 Å². The zero-order valence-corrected chi connectivity index (χ0v) is 14.1. The highest BCUT2D eigenvalue weighted by Crippen LogP contribution is 2.29. The molecule has 0 fully saturated rings. The molecule has 0 heterocycles. The van der Waals surface area contributed by atoms with Crippen molar-refractivity contribution < 1.29 is 4.79 Å². The summed E-state index contributed by atoms with van der Waals surface area (Å²) in [5, 5.41) is 2.96. The number of unbranched alkanes of at least 4 members (excludes halogenated alkanes) is 4. The van der Waals surface area contributed by atoms with Gasteiger partial charge >= 0.3 is 0 Å². The Labute approximate surface area is 139 Å². The van der Waals surface area contributed by atoms with Crippen molar-refractivity contribution >= 4 is 11.9 Å². The summed E-state index contributed by atoms with van der Waals surface area (Å²) in [5.41, 5.74) is 11.6. The number of allylic oxidation sites excluding steroid dienone is 4. The maximum Gasteiger partial charge on any atom is 0.231 e. The molecule has 0 aliphatic heterocycles. The van der Waals surface area contributed by atoms with Crippen LogP contribution < -0.4 is 16.8 Å². The fraction of sp³-hybridized carbons (Fsp3) is 0.556. The average Bonchev–Trinajstić information content (AvgIpc) is 3.29. The largest absolute Gasteiger partial charge is 0.370 e. The fourth-order valence-corrected chi connectivity index (χ4v) is 2.14. The number of carbonyl (C=O) groups is 1. The first kappa shape index (κ1) is 19.0. The van der Waals surface area contributed by atoms with Gasteiger partial charge in [0.05, 0.1) is 5.92 Å². The molecule has 0 saturated heterocycles. The third kappa shape index (κ3) is 9.55. The van der Waals surface area contributed by atoms with E-state index in [2.05, 4.69) is 29.4 Å². The van der Waals surface area contributed by atoms with Crippen molar-refractivity contribution in [2.45, 2.75) is 45.4 Å². The third-order valence-corrected chi connectivity index (χ3v) is 3.58. The molecule has 0 bridgehead atoms. The van der Waals surface area contributed by atoms with Crippen LogP contribution in [0.1, 0.15) is 45.4 Å². The van der Waals surface area contributed by atoms with Gasteiger partial charge in [-0.3, -0.25) is 9.79 Å². The van der Waals surface area contributed by atoms with Gasteiger partial charge < -0.3 is 16.8 Å². The predicted octanol–water partition coefficient (Wildman–Crippen LogP) is 2.41. The summed E-state index contributed by atoms with van der Waals surface area (Å²) < 4.78 is 0. The predicted molar refractivity (Wildman–Crippen MR) is 96.9 cm³/mol. The highest BCUT2D eigenvalue weighted by molar-refractivity contribution is 5.89. The average molecular weight is 318 g/mol. The molecule has 1 aliphatic rings. The van der Waals surface area contributed by atoms with Crippen LogP contribution in [0.25, 0.3) is 0 Å². The summed E-state index contributed by atoms with van der Waals surface area (Å²) in [7, 11) is 0. The Morgan fingerprint density at radius 2 is 2.09 bits per heavy atom. The summed E-state index contributed by atoms with van der Waals surface area (Å²) in [6.45, 7) is 3.55. The van der Waals surface area contributed by atoms with Crippen LogP contribution in [0.3, 0.4) is 0 Å². The van der Waals surface area contributed by atoms with Crippen molar-refractivity contribution in [1.29, 1.82) is 0 Å². The number of carbonyl (C=O) groups excluding carboxylic acids is 1. The number of hydrogen-bond donors (Lipinski definition) is 3. The molecule has 1 aliphatic carbocycles. The number of aliphatic imine (C=N–C) groups is 1. The molecule has 5 nitrogen and oxygen atoms in total. The lowest BCUT2D eigenvalue weighted by atomic mass is 10.2. The number of nitrogens with zero attached hydrogens (tertiary/aromatic N) is 1. The molecule has 0 aromatic heterocycles. The molecule has 0 aromatic rings. The van der Waals surface area contributed by atoms with E-state index in [9.17, 15) is 4.79 Å². The second kappa shape index (κ2) is 11.5. The topological polar surface area (TPSA) is 93.5 Å². The van der Waals surface area contributed by atoms with E-state index in [4.69, 9.17) is 11.5 Å². The first-order valence-corrected chi connectivity index (χ1v) is 8.53. The molecule has 0 saturated carbocycles. The number of rotatable bonds is 12. The van der Waals surface area contributed by atoms with Gasteiger partial charge in [-0.1, -0.05) is 50.1 Å². The van der Waals surface area contributed by atoms with E-state index in [-0.39, 0.29) is 17.8 Å². The lowest BCUT2D eigenvalue weighted by molar-refractivity contribution is -0.121. The molecule has 1 amide bonds. The molecule has 0 spiro atoms. The Morgan fingerprint density at radius 1 is 1.26 bits per heavy atom. The summed E-state index contributed by atoms with van der Waals surface area (Å²) in [5.74, 6) is 0.208. The van der Waals surface area contributed by atoms with E-state index in [1.807, 2.05) is 18.2 Å². The van der Waals surface area contributed by atoms with Gasteiger partial charge in [0.15, 0.2) is 5.96 Å². The van der Waals surface area contributed by atoms with E-state index in [1.54, 1.807) is 0 Å². The number of hydrogen-bond acceptors (Lipinski definition) is 2. The normalized spacial score (nSPS) is 16.6. The van der Waals surface area contributed by atoms with Crippen LogP contribution in [0.4, 0.5) is 0 Å². The van der Waals surface area contributed by atoms with Crippen molar-refractivity contribution in [2.75, 3.05) is 13.1 Å². The van der Waals surface area contributed by atoms with Gasteiger partial charge in [-0.05, 0) is 31.3 Å². The van der Waals surface area contributed by atoms with E-state index >= 15 is 0 Å². The Morgan fingerprint density at radius 3 is 2.83 bits per heavy atom. The van der Waals surface area contributed by atoms with Crippen molar-refractivity contribution in [2.24, 2.45) is 22.4 Å². The Hall–Kier alpha value is -2.04. The molecule has 0 aromatic carbocycles. The minimum atomic E-state index is -0.0306. The lowest BCUT2D eigenvalue weighted by Crippen LogP contribution is -2.26. The standard InChI is InChI=1S/C18H30N4O/c1-2-3-4-5-6-8-11-15-14-16(15)17(23)21-12-9-7-10-13-22-18(19)20/h5-6,8,11,14,16H,2-4,7,9-10,12-13H2,1H3,(H,21,23)(H4,19,20,22)/t16-/m0/s1. The Bertz CT molecular complexity index is 473. The Balaban J connectivity index is 2.02. The minimum Gasteiger partial charge on any atom is -0.370 e. The molecule has 128 valence electrons. The van der Waals surface area contributed by atoms with Gasteiger partial charge in [-0.15, -0.1) is 0 Å². The molecule has 0 radical (unpaired) electrons. The maximum atomic E-state index is 11.9. The van der Waals surface area contributed by atoms with Crippen molar-refractivity contribution in [3.05, 3.63) is 36.0 Å².